The van der Waals surface area contributed by atoms with Crippen molar-refractivity contribution in [2.45, 2.75) is 33.0 Å². The number of benzene rings is 2. The molecule has 5 nitrogen and oxygen atoms in total. The number of methoxy groups -OCH3 is 1. The highest BCUT2D eigenvalue weighted by Gasteiger charge is 2.23. The number of nitrogens with zero attached hydrogens (tertiary/aromatic N) is 3. The molecule has 1 aliphatic heterocycles. The number of ether oxygens (including phenoxy) is 2. The molecule has 2 aromatic heterocycles. The molecule has 2 aromatic carbocycles. The lowest BCUT2D eigenvalue weighted by Gasteiger charge is -2.36. The van der Waals surface area contributed by atoms with Gasteiger partial charge in [-0.3, -0.25) is 4.98 Å². The second-order valence-corrected chi connectivity index (χ2v) is 8.84. The van der Waals surface area contributed by atoms with E-state index >= 15 is 0 Å². The van der Waals surface area contributed by atoms with E-state index in [4.69, 9.17) is 19.4 Å². The van der Waals surface area contributed by atoms with E-state index in [1.54, 1.807) is 7.11 Å². The van der Waals surface area contributed by atoms with Gasteiger partial charge >= 0.3 is 0 Å². The minimum atomic E-state index is 0.197. The lowest BCUT2D eigenvalue weighted by molar-refractivity contribution is -0.00545. The molecule has 3 heterocycles. The number of anilines is 1. The van der Waals surface area contributed by atoms with Gasteiger partial charge in [0, 0.05) is 47.6 Å². The van der Waals surface area contributed by atoms with Crippen molar-refractivity contribution in [3.63, 3.8) is 0 Å². The average molecular weight is 440 g/mol. The van der Waals surface area contributed by atoms with Crippen molar-refractivity contribution < 1.29 is 9.47 Å². The molecule has 1 saturated heterocycles. The molecule has 1 aliphatic rings. The second kappa shape index (κ2) is 8.83. The van der Waals surface area contributed by atoms with E-state index in [2.05, 4.69) is 80.3 Å². The van der Waals surface area contributed by atoms with E-state index < -0.39 is 0 Å². The van der Waals surface area contributed by atoms with Gasteiger partial charge in [-0.05, 0) is 44.5 Å². The van der Waals surface area contributed by atoms with Gasteiger partial charge in [0.25, 0.3) is 0 Å². The molecule has 2 atom stereocenters. The third kappa shape index (κ3) is 4.16. The van der Waals surface area contributed by atoms with Gasteiger partial charge in [0.2, 0.25) is 0 Å². The summed E-state index contributed by atoms with van der Waals surface area (Å²) in [7, 11) is 1.72. The molecule has 33 heavy (non-hydrogen) atoms. The largest absolute Gasteiger partial charge is 0.495 e. The zero-order chi connectivity index (χ0) is 22.9. The normalized spacial score (nSPS) is 18.5. The Morgan fingerprint density at radius 1 is 0.848 bits per heavy atom. The first-order valence-electron chi connectivity index (χ1n) is 11.4. The Balaban J connectivity index is 1.53. The summed E-state index contributed by atoms with van der Waals surface area (Å²) in [5.74, 6) is 1.78. The molecule has 0 radical (unpaired) electrons. The van der Waals surface area contributed by atoms with Gasteiger partial charge in [-0.25, -0.2) is 4.98 Å². The van der Waals surface area contributed by atoms with E-state index in [-0.39, 0.29) is 12.2 Å². The molecule has 5 rings (SSSR count). The molecular formula is C28H29N3O2. The predicted molar refractivity (Wildman–Crippen MR) is 134 cm³/mol. The highest BCUT2D eigenvalue weighted by molar-refractivity contribution is 6.00. The Hall–Kier alpha value is -3.44. The van der Waals surface area contributed by atoms with Crippen molar-refractivity contribution in [1.29, 1.82) is 0 Å². The Labute approximate surface area is 195 Å². The summed E-state index contributed by atoms with van der Waals surface area (Å²) < 4.78 is 11.8. The zero-order valence-electron chi connectivity index (χ0n) is 19.6. The predicted octanol–water partition coefficient (Wildman–Crippen LogP) is 5.89. The first-order valence-corrected chi connectivity index (χ1v) is 11.4. The van der Waals surface area contributed by atoms with E-state index in [1.807, 2.05) is 12.4 Å². The minimum absolute atomic E-state index is 0.197. The fourth-order valence-corrected chi connectivity index (χ4v) is 4.69. The van der Waals surface area contributed by atoms with Crippen LogP contribution in [0.25, 0.3) is 33.2 Å². The zero-order valence-corrected chi connectivity index (χ0v) is 19.6. The maximum atomic E-state index is 5.90. The maximum Gasteiger partial charge on any atom is 0.137 e. The number of rotatable bonds is 4. The lowest BCUT2D eigenvalue weighted by atomic mass is 9.98. The van der Waals surface area contributed by atoms with Crippen LogP contribution in [0.2, 0.25) is 0 Å². The SMILES string of the molecule is COc1c(-c2ccc(N3CC(C)OC(C)C3)nc2)cnc2c(-c3ccc(C)cc3)cccc12. The molecule has 0 spiro atoms. The van der Waals surface area contributed by atoms with E-state index in [0.29, 0.717) is 0 Å². The van der Waals surface area contributed by atoms with Crippen LogP contribution in [0.3, 0.4) is 0 Å². The van der Waals surface area contributed by atoms with Gasteiger partial charge in [0.15, 0.2) is 0 Å². The fraction of sp³-hybridized carbons (Fsp3) is 0.286. The minimum Gasteiger partial charge on any atom is -0.495 e. The number of para-hydroxylation sites is 1. The van der Waals surface area contributed by atoms with Crippen molar-refractivity contribution in [2.24, 2.45) is 0 Å². The third-order valence-corrected chi connectivity index (χ3v) is 6.22. The first kappa shape index (κ1) is 21.4. The maximum absolute atomic E-state index is 5.90. The molecule has 4 aromatic rings. The average Bonchev–Trinajstić information content (AvgIpc) is 2.83. The van der Waals surface area contributed by atoms with Crippen LogP contribution in [0.4, 0.5) is 5.82 Å². The molecule has 1 fully saturated rings. The van der Waals surface area contributed by atoms with Crippen molar-refractivity contribution in [1.82, 2.24) is 9.97 Å². The summed E-state index contributed by atoms with van der Waals surface area (Å²) in [5, 5.41) is 0.994. The van der Waals surface area contributed by atoms with Crippen LogP contribution in [0.1, 0.15) is 19.4 Å². The quantitative estimate of drug-likeness (QED) is 0.397. The Morgan fingerprint density at radius 2 is 1.58 bits per heavy atom. The highest BCUT2D eigenvalue weighted by Crippen LogP contribution is 2.39. The van der Waals surface area contributed by atoms with Crippen LogP contribution in [0, 0.1) is 6.92 Å². The number of fused-ring (bicyclic) bond motifs is 1. The van der Waals surface area contributed by atoms with Crippen molar-refractivity contribution in [3.05, 3.63) is 72.6 Å². The Morgan fingerprint density at radius 3 is 2.24 bits per heavy atom. The molecule has 0 bridgehead atoms. The van der Waals surface area contributed by atoms with Crippen molar-refractivity contribution >= 4 is 16.7 Å². The third-order valence-electron chi connectivity index (χ3n) is 6.22. The first-order chi connectivity index (χ1) is 16.0. The van der Waals surface area contributed by atoms with Crippen LogP contribution in [0.5, 0.6) is 5.75 Å². The topological polar surface area (TPSA) is 47.5 Å². The number of aromatic nitrogens is 2. The standard InChI is InChI=1S/C28H29N3O2/c1-18-8-10-21(11-9-18)23-6-5-7-24-27(23)30-15-25(28(24)32-4)22-12-13-26(29-14-22)31-16-19(2)33-20(3)17-31/h5-15,19-20H,16-17H2,1-4H3. The summed E-state index contributed by atoms with van der Waals surface area (Å²) >= 11 is 0. The number of hydrogen-bond acceptors (Lipinski definition) is 5. The van der Waals surface area contributed by atoms with Crippen molar-refractivity contribution in [3.8, 4) is 28.0 Å². The second-order valence-electron chi connectivity index (χ2n) is 8.84. The van der Waals surface area contributed by atoms with Gasteiger partial charge in [-0.1, -0.05) is 42.0 Å². The summed E-state index contributed by atoms with van der Waals surface area (Å²) in [5.41, 5.74) is 6.34. The number of hydrogen-bond donors (Lipinski definition) is 0. The smallest absolute Gasteiger partial charge is 0.137 e. The molecule has 168 valence electrons. The summed E-state index contributed by atoms with van der Waals surface area (Å²) in [6, 6.07) is 19.0. The van der Waals surface area contributed by atoms with Gasteiger partial charge in [-0.2, -0.15) is 0 Å². The molecule has 2 unspecified atom stereocenters. The monoisotopic (exact) mass is 439 g/mol. The molecule has 0 aliphatic carbocycles. The van der Waals surface area contributed by atoms with E-state index in [1.165, 1.54) is 5.56 Å². The fourth-order valence-electron chi connectivity index (χ4n) is 4.69. The highest BCUT2D eigenvalue weighted by atomic mass is 16.5. The molecule has 5 heteroatoms. The van der Waals surface area contributed by atoms with Crippen LogP contribution < -0.4 is 9.64 Å². The van der Waals surface area contributed by atoms with Crippen LogP contribution in [-0.2, 0) is 4.74 Å². The van der Waals surface area contributed by atoms with Gasteiger partial charge in [0.1, 0.15) is 11.6 Å². The summed E-state index contributed by atoms with van der Waals surface area (Å²) in [6.07, 6.45) is 4.20. The number of pyridine rings is 2. The Kier molecular flexibility index (Phi) is 5.73. The summed E-state index contributed by atoms with van der Waals surface area (Å²) in [4.78, 5) is 11.9. The molecule has 0 amide bonds. The van der Waals surface area contributed by atoms with Crippen LogP contribution in [-0.4, -0.2) is 42.4 Å². The molecule has 0 N–H and O–H groups in total. The number of aryl methyl sites for hydroxylation is 1. The van der Waals surface area contributed by atoms with Gasteiger partial charge < -0.3 is 14.4 Å². The summed E-state index contributed by atoms with van der Waals surface area (Å²) in [6.45, 7) is 8.00. The number of morpholine rings is 1. The van der Waals surface area contributed by atoms with Crippen LogP contribution in [0.15, 0.2) is 67.0 Å². The lowest BCUT2D eigenvalue weighted by Crippen LogP contribution is -2.45. The van der Waals surface area contributed by atoms with E-state index in [0.717, 1.165) is 57.8 Å². The van der Waals surface area contributed by atoms with Gasteiger partial charge in [-0.15, -0.1) is 0 Å². The molecular weight excluding hydrogens is 410 g/mol. The Bertz CT molecular complexity index is 1260. The van der Waals surface area contributed by atoms with Crippen molar-refractivity contribution in [2.75, 3.05) is 25.1 Å². The molecule has 0 saturated carbocycles. The van der Waals surface area contributed by atoms with Crippen LogP contribution >= 0.6 is 0 Å². The van der Waals surface area contributed by atoms with E-state index in [9.17, 15) is 0 Å². The van der Waals surface area contributed by atoms with Gasteiger partial charge in [0.05, 0.1) is 24.8 Å².